The molecule has 0 fully saturated rings. The molecule has 0 unspecified atom stereocenters. The molecule has 0 aromatic carbocycles. The van der Waals surface area contributed by atoms with Crippen molar-refractivity contribution >= 4 is 0 Å². The van der Waals surface area contributed by atoms with Gasteiger partial charge in [-0.2, -0.15) is 0 Å². The summed E-state index contributed by atoms with van der Waals surface area (Å²) in [7, 11) is 0. The fourth-order valence-electron chi connectivity index (χ4n) is 0.302. The standard InChI is InChI=1S/C9H10/c1-3-5-7-9-8-6-4-2/h1-5H2. The smallest absolute Gasteiger partial charge is 0.00992 e. The predicted molar refractivity (Wildman–Crippen MR) is 40.1 cm³/mol. The molecule has 0 N–H and O–H groups in total. The minimum absolute atomic E-state index is 0.638. The number of rotatable bonds is 1. The second kappa shape index (κ2) is 7.12. The van der Waals surface area contributed by atoms with E-state index in [2.05, 4.69) is 37.5 Å². The maximum absolute atomic E-state index is 3.64. The van der Waals surface area contributed by atoms with Gasteiger partial charge in [-0.3, -0.25) is 0 Å². The molecule has 0 saturated carbocycles. The van der Waals surface area contributed by atoms with E-state index in [4.69, 9.17) is 0 Å². The molecule has 0 atom stereocenters. The summed E-state index contributed by atoms with van der Waals surface area (Å²) in [4.78, 5) is 0. The zero-order valence-corrected chi connectivity index (χ0v) is 5.54. The molecule has 2 radical (unpaired) electrons. The molecule has 0 aromatic heterocycles. The zero-order valence-electron chi connectivity index (χ0n) is 5.54. The molecular formula is C9H10. The molecule has 9 heavy (non-hydrogen) atoms. The summed E-state index contributed by atoms with van der Waals surface area (Å²) >= 11 is 0. The fourth-order valence-corrected chi connectivity index (χ4v) is 0.302. The van der Waals surface area contributed by atoms with Crippen molar-refractivity contribution in [3.05, 3.63) is 13.8 Å². The zero-order chi connectivity index (χ0) is 6.95. The van der Waals surface area contributed by atoms with Gasteiger partial charge in [0.25, 0.3) is 0 Å². The third-order valence-corrected chi connectivity index (χ3v) is 0.666. The molecule has 0 amide bonds. The van der Waals surface area contributed by atoms with Gasteiger partial charge in [0, 0.05) is 12.8 Å². The van der Waals surface area contributed by atoms with E-state index >= 15 is 0 Å². The van der Waals surface area contributed by atoms with Crippen LogP contribution in [0.25, 0.3) is 0 Å². The van der Waals surface area contributed by atoms with Gasteiger partial charge in [0.05, 0.1) is 0 Å². The van der Waals surface area contributed by atoms with Crippen LogP contribution in [0.3, 0.4) is 0 Å². The van der Waals surface area contributed by atoms with Crippen LogP contribution < -0.4 is 0 Å². The van der Waals surface area contributed by atoms with Gasteiger partial charge in [-0.25, -0.2) is 0 Å². The van der Waals surface area contributed by atoms with Crippen molar-refractivity contribution in [3.63, 3.8) is 0 Å². The summed E-state index contributed by atoms with van der Waals surface area (Å²) < 4.78 is 0. The number of unbranched alkanes of at least 4 members (excludes halogenated alkanes) is 1. The largest absolute Gasteiger partial charge is 0.0891 e. The lowest BCUT2D eigenvalue weighted by molar-refractivity contribution is 1.08. The van der Waals surface area contributed by atoms with Gasteiger partial charge in [-0.1, -0.05) is 18.8 Å². The highest BCUT2D eigenvalue weighted by atomic mass is 13.7. The van der Waals surface area contributed by atoms with Crippen LogP contribution in [0.1, 0.15) is 19.3 Å². The van der Waals surface area contributed by atoms with Crippen LogP contribution in [0, 0.1) is 37.5 Å². The highest BCUT2D eigenvalue weighted by Gasteiger charge is 1.66. The van der Waals surface area contributed by atoms with E-state index in [1.165, 1.54) is 0 Å². The Morgan fingerprint density at radius 1 is 1.00 bits per heavy atom. The summed E-state index contributed by atoms with van der Waals surface area (Å²) in [6.07, 6.45) is 2.34. The van der Waals surface area contributed by atoms with Crippen molar-refractivity contribution in [2.24, 2.45) is 0 Å². The molecule has 0 heteroatoms. The Kier molecular flexibility index (Phi) is 6.42. The third kappa shape index (κ3) is 7.12. The number of hydrogen-bond acceptors (Lipinski definition) is 0. The Hall–Kier alpha value is -0.880. The van der Waals surface area contributed by atoms with Crippen molar-refractivity contribution < 1.29 is 0 Å². The normalized spacial score (nSPS) is 6.44. The van der Waals surface area contributed by atoms with Gasteiger partial charge in [-0.15, -0.1) is 0 Å². The van der Waals surface area contributed by atoms with Crippen molar-refractivity contribution in [2.45, 2.75) is 19.3 Å². The fraction of sp³-hybridized carbons (Fsp3) is 0.333. The molecular weight excluding hydrogens is 108 g/mol. The second-order valence-corrected chi connectivity index (χ2v) is 1.46. The van der Waals surface area contributed by atoms with E-state index in [0.717, 1.165) is 12.8 Å². The average Bonchev–Trinajstić information content (AvgIpc) is 1.89. The Balaban J connectivity index is 3.36. The van der Waals surface area contributed by atoms with Gasteiger partial charge >= 0.3 is 0 Å². The van der Waals surface area contributed by atoms with Crippen LogP contribution in [-0.2, 0) is 0 Å². The molecule has 0 nitrogen and oxygen atoms in total. The van der Waals surface area contributed by atoms with Gasteiger partial charge in [0.1, 0.15) is 0 Å². The summed E-state index contributed by atoms with van der Waals surface area (Å²) in [6.45, 7) is 7.19. The molecule has 0 heterocycles. The van der Waals surface area contributed by atoms with Gasteiger partial charge in [0.2, 0.25) is 0 Å². The second-order valence-electron chi connectivity index (χ2n) is 1.46. The van der Waals surface area contributed by atoms with Crippen LogP contribution in [0.15, 0.2) is 0 Å². The molecule has 0 saturated heterocycles. The van der Waals surface area contributed by atoms with Gasteiger partial charge in [-0.05, 0) is 25.2 Å². The summed E-state index contributed by atoms with van der Waals surface area (Å²) in [5.74, 6) is 11.0. The van der Waals surface area contributed by atoms with E-state index in [-0.39, 0.29) is 0 Å². The predicted octanol–water partition coefficient (Wildman–Crippen LogP) is 1.83. The van der Waals surface area contributed by atoms with E-state index in [0.29, 0.717) is 6.42 Å². The SMILES string of the molecule is [CH2]CC#CC#CCC[CH2]. The molecule has 0 rings (SSSR count). The van der Waals surface area contributed by atoms with Crippen molar-refractivity contribution in [1.29, 1.82) is 0 Å². The maximum atomic E-state index is 3.64. The summed E-state index contributed by atoms with van der Waals surface area (Å²) in [5.41, 5.74) is 0. The van der Waals surface area contributed by atoms with Crippen molar-refractivity contribution in [1.82, 2.24) is 0 Å². The Morgan fingerprint density at radius 2 is 1.67 bits per heavy atom. The first-order chi connectivity index (χ1) is 4.41. The Bertz CT molecular complexity index is 156. The maximum Gasteiger partial charge on any atom is 0.00992 e. The summed E-state index contributed by atoms with van der Waals surface area (Å²) in [5, 5.41) is 0. The Labute approximate surface area is 57.7 Å². The Morgan fingerprint density at radius 3 is 2.22 bits per heavy atom. The highest BCUT2D eigenvalue weighted by molar-refractivity contribution is 5.25. The first kappa shape index (κ1) is 8.12. The van der Waals surface area contributed by atoms with Crippen LogP contribution >= 0.6 is 0 Å². The average molecular weight is 118 g/mol. The monoisotopic (exact) mass is 118 g/mol. The highest BCUT2D eigenvalue weighted by Crippen LogP contribution is 1.78. The minimum Gasteiger partial charge on any atom is -0.0891 e. The molecule has 0 spiro atoms. The first-order valence-corrected chi connectivity index (χ1v) is 2.96. The van der Waals surface area contributed by atoms with E-state index in [1.54, 1.807) is 0 Å². The molecule has 46 valence electrons. The van der Waals surface area contributed by atoms with Gasteiger partial charge in [0.15, 0.2) is 0 Å². The van der Waals surface area contributed by atoms with Gasteiger partial charge < -0.3 is 0 Å². The van der Waals surface area contributed by atoms with Crippen LogP contribution in [0.2, 0.25) is 0 Å². The lowest BCUT2D eigenvalue weighted by Gasteiger charge is -1.72. The molecule has 0 aliphatic rings. The first-order valence-electron chi connectivity index (χ1n) is 2.96. The van der Waals surface area contributed by atoms with E-state index in [9.17, 15) is 0 Å². The van der Waals surface area contributed by atoms with E-state index < -0.39 is 0 Å². The third-order valence-electron chi connectivity index (χ3n) is 0.666. The molecule has 0 bridgehead atoms. The van der Waals surface area contributed by atoms with Crippen molar-refractivity contribution in [2.75, 3.05) is 0 Å². The quantitative estimate of drug-likeness (QED) is 0.461. The number of hydrogen-bond donors (Lipinski definition) is 0. The van der Waals surface area contributed by atoms with E-state index in [1.807, 2.05) is 0 Å². The molecule has 0 aromatic rings. The van der Waals surface area contributed by atoms with Crippen LogP contribution in [-0.4, -0.2) is 0 Å². The van der Waals surface area contributed by atoms with Crippen molar-refractivity contribution in [3.8, 4) is 23.7 Å². The van der Waals surface area contributed by atoms with Crippen LogP contribution in [0.5, 0.6) is 0 Å². The lowest BCUT2D eigenvalue weighted by Crippen LogP contribution is -1.60. The van der Waals surface area contributed by atoms with Crippen LogP contribution in [0.4, 0.5) is 0 Å². The lowest BCUT2D eigenvalue weighted by atomic mass is 10.3. The topological polar surface area (TPSA) is 0 Å². The molecule has 0 aliphatic heterocycles. The summed E-state index contributed by atoms with van der Waals surface area (Å²) in [6, 6.07) is 0. The molecule has 0 aliphatic carbocycles. The minimum atomic E-state index is 0.638.